The van der Waals surface area contributed by atoms with Crippen LogP contribution in [0.15, 0.2) is 76.5 Å². The number of rotatable bonds is 7. The second-order valence-electron chi connectivity index (χ2n) is 8.10. The number of amides is 2. The molecule has 0 unspecified atom stereocenters. The number of nitrogens with zero attached hydrogens (tertiary/aromatic N) is 1. The van der Waals surface area contributed by atoms with E-state index in [1.54, 1.807) is 25.1 Å². The molecule has 1 N–H and O–H groups in total. The van der Waals surface area contributed by atoms with Crippen LogP contribution in [0.3, 0.4) is 0 Å². The van der Waals surface area contributed by atoms with E-state index in [-0.39, 0.29) is 18.4 Å². The minimum atomic E-state index is -0.782. The summed E-state index contributed by atoms with van der Waals surface area (Å²) in [6.45, 7) is 5.90. The molecular weight excluding hydrogens is 460 g/mol. The van der Waals surface area contributed by atoms with Gasteiger partial charge in [-0.05, 0) is 61.7 Å². The second kappa shape index (κ2) is 10.8. The Labute approximate surface area is 209 Å². The SMILES string of the molecule is CCOC(=O)c1ccc2c(c1)N([C@H](CC)C(=O)Nc1ccccc1CC)C(=O)c1ccccc1S2. The Morgan fingerprint density at radius 1 is 0.971 bits per heavy atom. The van der Waals surface area contributed by atoms with Crippen LogP contribution in [0.1, 0.15) is 53.5 Å². The second-order valence-corrected chi connectivity index (χ2v) is 9.18. The first kappa shape index (κ1) is 24.5. The van der Waals surface area contributed by atoms with Gasteiger partial charge in [-0.3, -0.25) is 14.5 Å². The van der Waals surface area contributed by atoms with E-state index < -0.39 is 12.0 Å². The number of nitrogens with one attached hydrogen (secondary N) is 1. The van der Waals surface area contributed by atoms with Gasteiger partial charge in [-0.25, -0.2) is 4.79 Å². The first-order valence-electron chi connectivity index (χ1n) is 11.8. The smallest absolute Gasteiger partial charge is 0.338 e. The van der Waals surface area contributed by atoms with Gasteiger partial charge < -0.3 is 10.1 Å². The Morgan fingerprint density at radius 3 is 2.46 bits per heavy atom. The number of hydrogen-bond donors (Lipinski definition) is 1. The van der Waals surface area contributed by atoms with E-state index in [0.717, 1.165) is 27.5 Å². The molecule has 0 fully saturated rings. The zero-order valence-corrected chi connectivity index (χ0v) is 20.9. The van der Waals surface area contributed by atoms with Crippen molar-refractivity contribution in [2.24, 2.45) is 0 Å². The van der Waals surface area contributed by atoms with Crippen LogP contribution in [0.25, 0.3) is 0 Å². The van der Waals surface area contributed by atoms with Crippen LogP contribution in [0.5, 0.6) is 0 Å². The number of esters is 1. The minimum Gasteiger partial charge on any atom is -0.462 e. The number of anilines is 2. The molecule has 1 aliphatic heterocycles. The third-order valence-electron chi connectivity index (χ3n) is 5.94. The number of hydrogen-bond acceptors (Lipinski definition) is 5. The maximum absolute atomic E-state index is 13.9. The van der Waals surface area contributed by atoms with Crippen molar-refractivity contribution in [1.29, 1.82) is 0 Å². The van der Waals surface area contributed by atoms with Crippen LogP contribution in [-0.2, 0) is 16.0 Å². The highest BCUT2D eigenvalue weighted by Gasteiger charge is 2.36. The topological polar surface area (TPSA) is 75.7 Å². The standard InChI is InChI=1S/C28H28N2O4S/c1-4-18-11-7-9-13-21(18)29-26(31)22(5-2)30-23-17-19(28(33)34-6-3)15-16-25(23)35-24-14-10-8-12-20(24)27(30)32/h7-17,22H,4-6H2,1-3H3,(H,29,31)/t22-/m1/s1. The number of ether oxygens (including phenoxy) is 1. The molecule has 2 amide bonds. The molecular formula is C28H28N2O4S. The Kier molecular flexibility index (Phi) is 7.56. The minimum absolute atomic E-state index is 0.246. The van der Waals surface area contributed by atoms with Gasteiger partial charge in [-0.2, -0.15) is 0 Å². The average molecular weight is 489 g/mol. The summed E-state index contributed by atoms with van der Waals surface area (Å²) in [5.74, 6) is -1.03. The third kappa shape index (κ3) is 4.95. The van der Waals surface area contributed by atoms with Gasteiger partial charge in [-0.15, -0.1) is 0 Å². The van der Waals surface area contributed by atoms with Crippen LogP contribution in [0.4, 0.5) is 11.4 Å². The van der Waals surface area contributed by atoms with Gasteiger partial charge >= 0.3 is 5.97 Å². The predicted molar refractivity (Wildman–Crippen MR) is 138 cm³/mol. The monoisotopic (exact) mass is 488 g/mol. The molecule has 0 spiro atoms. The first-order chi connectivity index (χ1) is 17.0. The van der Waals surface area contributed by atoms with Crippen LogP contribution in [0.2, 0.25) is 0 Å². The number of carbonyl (C=O) groups excluding carboxylic acids is 3. The van der Waals surface area contributed by atoms with Crippen molar-refractivity contribution in [3.05, 3.63) is 83.4 Å². The normalized spacial score (nSPS) is 13.3. The van der Waals surface area contributed by atoms with E-state index >= 15 is 0 Å². The molecule has 180 valence electrons. The van der Waals surface area contributed by atoms with Gasteiger partial charge in [-0.1, -0.05) is 55.9 Å². The summed E-state index contributed by atoms with van der Waals surface area (Å²) in [4.78, 5) is 43.1. The van der Waals surface area contributed by atoms with Crippen LogP contribution in [0, 0.1) is 0 Å². The number of benzene rings is 3. The predicted octanol–water partition coefficient (Wildman–Crippen LogP) is 5.95. The molecule has 6 nitrogen and oxygen atoms in total. The Hall–Kier alpha value is -3.58. The zero-order valence-electron chi connectivity index (χ0n) is 20.0. The van der Waals surface area contributed by atoms with Crippen LogP contribution >= 0.6 is 11.8 Å². The zero-order chi connectivity index (χ0) is 24.9. The van der Waals surface area contributed by atoms with Crippen LogP contribution in [-0.4, -0.2) is 30.4 Å². The number of para-hydroxylation sites is 1. The molecule has 0 saturated heterocycles. The van der Waals surface area contributed by atoms with Crippen molar-refractivity contribution in [3.63, 3.8) is 0 Å². The molecule has 0 aliphatic carbocycles. The fraction of sp³-hybridized carbons (Fsp3) is 0.250. The highest BCUT2D eigenvalue weighted by Crippen LogP contribution is 2.43. The van der Waals surface area contributed by atoms with E-state index in [1.165, 1.54) is 16.7 Å². The summed E-state index contributed by atoms with van der Waals surface area (Å²) in [6.07, 6.45) is 1.16. The van der Waals surface area contributed by atoms with Crippen molar-refractivity contribution < 1.29 is 19.1 Å². The first-order valence-corrected chi connectivity index (χ1v) is 12.6. The number of fused-ring (bicyclic) bond motifs is 2. The van der Waals surface area contributed by atoms with Gasteiger partial charge in [0.1, 0.15) is 6.04 Å². The molecule has 35 heavy (non-hydrogen) atoms. The van der Waals surface area contributed by atoms with Crippen molar-refractivity contribution in [2.45, 2.75) is 49.4 Å². The van der Waals surface area contributed by atoms with Gasteiger partial charge in [0, 0.05) is 15.5 Å². The Bertz CT molecular complexity index is 1270. The van der Waals surface area contributed by atoms with Gasteiger partial charge in [0.25, 0.3) is 5.91 Å². The van der Waals surface area contributed by atoms with E-state index in [9.17, 15) is 14.4 Å². The summed E-state index contributed by atoms with van der Waals surface area (Å²) >= 11 is 1.45. The van der Waals surface area contributed by atoms with Crippen molar-refractivity contribution in [3.8, 4) is 0 Å². The molecule has 1 aliphatic rings. The highest BCUT2D eigenvalue weighted by molar-refractivity contribution is 7.99. The van der Waals surface area contributed by atoms with Gasteiger partial charge in [0.05, 0.1) is 23.4 Å². The van der Waals surface area contributed by atoms with Crippen LogP contribution < -0.4 is 10.2 Å². The van der Waals surface area contributed by atoms with Crippen molar-refractivity contribution in [1.82, 2.24) is 0 Å². The van der Waals surface area contributed by atoms with E-state index in [2.05, 4.69) is 5.32 Å². The summed E-state index contributed by atoms with van der Waals surface area (Å²) in [5.41, 5.74) is 3.13. The fourth-order valence-corrected chi connectivity index (χ4v) is 5.23. The summed E-state index contributed by atoms with van der Waals surface area (Å²) in [7, 11) is 0. The largest absolute Gasteiger partial charge is 0.462 e. The molecule has 3 aromatic rings. The van der Waals surface area contributed by atoms with Gasteiger partial charge in [0.15, 0.2) is 0 Å². The molecule has 0 bridgehead atoms. The average Bonchev–Trinajstić information content (AvgIpc) is 2.99. The molecule has 3 aromatic carbocycles. The molecule has 1 heterocycles. The lowest BCUT2D eigenvalue weighted by molar-refractivity contribution is -0.117. The van der Waals surface area contributed by atoms with Gasteiger partial charge in [0.2, 0.25) is 5.91 Å². The van der Waals surface area contributed by atoms with E-state index in [4.69, 9.17) is 4.74 Å². The maximum Gasteiger partial charge on any atom is 0.338 e. The summed E-state index contributed by atoms with van der Waals surface area (Å²) in [6, 6.07) is 19.4. The number of aryl methyl sites for hydroxylation is 1. The lowest BCUT2D eigenvalue weighted by Gasteiger charge is -2.31. The highest BCUT2D eigenvalue weighted by atomic mass is 32.2. The lowest BCUT2D eigenvalue weighted by Crippen LogP contribution is -2.47. The van der Waals surface area contributed by atoms with E-state index in [0.29, 0.717) is 23.2 Å². The molecule has 7 heteroatoms. The quantitative estimate of drug-likeness (QED) is 0.416. The molecule has 1 atom stereocenters. The fourth-order valence-electron chi connectivity index (χ4n) is 4.18. The summed E-state index contributed by atoms with van der Waals surface area (Å²) < 4.78 is 5.18. The Balaban J connectivity index is 1.81. The summed E-state index contributed by atoms with van der Waals surface area (Å²) in [5, 5.41) is 3.03. The molecule has 0 saturated carbocycles. The third-order valence-corrected chi connectivity index (χ3v) is 7.08. The molecule has 0 radical (unpaired) electrons. The number of carbonyl (C=O) groups is 3. The van der Waals surface area contributed by atoms with Crippen molar-refractivity contribution >= 4 is 40.9 Å². The molecule has 4 rings (SSSR count). The van der Waals surface area contributed by atoms with E-state index in [1.807, 2.05) is 62.4 Å². The Morgan fingerprint density at radius 2 is 1.71 bits per heavy atom. The lowest BCUT2D eigenvalue weighted by atomic mass is 10.1. The van der Waals surface area contributed by atoms with Crippen molar-refractivity contribution in [2.75, 3.05) is 16.8 Å². The maximum atomic E-state index is 13.9. The molecule has 0 aromatic heterocycles.